The van der Waals surface area contributed by atoms with E-state index >= 15 is 0 Å². The van der Waals surface area contributed by atoms with Crippen LogP contribution in [0.5, 0.6) is 0 Å². The van der Waals surface area contributed by atoms with E-state index in [2.05, 4.69) is 31.3 Å². The summed E-state index contributed by atoms with van der Waals surface area (Å²) in [7, 11) is 0. The number of hydrogen-bond donors (Lipinski definition) is 1. The van der Waals surface area contributed by atoms with E-state index in [9.17, 15) is 0 Å². The molecule has 0 atom stereocenters. The van der Waals surface area contributed by atoms with Crippen LogP contribution in [0.25, 0.3) is 17.0 Å². The summed E-state index contributed by atoms with van der Waals surface area (Å²) in [6.07, 6.45) is 8.05. The Balaban J connectivity index is 1.51. The lowest BCUT2D eigenvalue weighted by atomic mass is 10.2. The van der Waals surface area contributed by atoms with Gasteiger partial charge in [0, 0.05) is 25.1 Å². The van der Waals surface area contributed by atoms with Crippen LogP contribution in [0, 0.1) is 0 Å². The van der Waals surface area contributed by atoms with E-state index in [1.165, 1.54) is 5.56 Å². The summed E-state index contributed by atoms with van der Waals surface area (Å²) in [6, 6.07) is 13.8. The van der Waals surface area contributed by atoms with Gasteiger partial charge in [-0.2, -0.15) is 4.98 Å². The summed E-state index contributed by atoms with van der Waals surface area (Å²) in [5, 5.41) is 3.33. The molecule has 1 aromatic carbocycles. The van der Waals surface area contributed by atoms with Crippen molar-refractivity contribution in [3.63, 3.8) is 0 Å². The highest BCUT2D eigenvalue weighted by Gasteiger charge is 2.07. The minimum Gasteiger partial charge on any atom is -0.370 e. The van der Waals surface area contributed by atoms with Crippen LogP contribution in [0.1, 0.15) is 5.56 Å². The van der Waals surface area contributed by atoms with E-state index in [-0.39, 0.29) is 0 Å². The zero-order valence-electron chi connectivity index (χ0n) is 13.0. The van der Waals surface area contributed by atoms with Gasteiger partial charge in [0.2, 0.25) is 5.95 Å². The molecule has 1 N–H and O–H groups in total. The minimum absolute atomic E-state index is 0.607. The molecule has 0 spiro atoms. The summed E-state index contributed by atoms with van der Waals surface area (Å²) >= 11 is 0. The van der Waals surface area contributed by atoms with Crippen molar-refractivity contribution in [3.05, 3.63) is 72.9 Å². The molecule has 0 amide bonds. The zero-order chi connectivity index (χ0) is 16.2. The van der Waals surface area contributed by atoms with Crippen LogP contribution in [0.15, 0.2) is 67.4 Å². The first kappa shape index (κ1) is 14.3. The van der Waals surface area contributed by atoms with Crippen LogP contribution in [-0.2, 0) is 6.42 Å². The van der Waals surface area contributed by atoms with Gasteiger partial charge in [-0.05, 0) is 36.2 Å². The monoisotopic (exact) mass is 316 g/mol. The third kappa shape index (κ3) is 2.94. The summed E-state index contributed by atoms with van der Waals surface area (Å²) < 4.78 is 1.89. The summed E-state index contributed by atoms with van der Waals surface area (Å²) in [5.41, 5.74) is 3.11. The largest absolute Gasteiger partial charge is 0.370 e. The van der Waals surface area contributed by atoms with Gasteiger partial charge >= 0.3 is 0 Å². The topological polar surface area (TPSA) is 68.5 Å². The molecule has 3 heterocycles. The highest BCUT2D eigenvalue weighted by molar-refractivity contribution is 5.76. The van der Waals surface area contributed by atoms with Gasteiger partial charge in [-0.3, -0.25) is 9.55 Å². The second-order valence-corrected chi connectivity index (χ2v) is 5.38. The molecule has 0 saturated heterocycles. The molecule has 0 saturated carbocycles. The van der Waals surface area contributed by atoms with E-state index in [4.69, 9.17) is 0 Å². The molecule has 6 heteroatoms. The average molecular weight is 316 g/mol. The van der Waals surface area contributed by atoms with Crippen molar-refractivity contribution in [2.75, 3.05) is 11.9 Å². The molecule has 3 aromatic heterocycles. The first-order valence-electron chi connectivity index (χ1n) is 7.78. The van der Waals surface area contributed by atoms with E-state index in [0.29, 0.717) is 5.95 Å². The molecule has 0 bridgehead atoms. The predicted octanol–water partition coefficient (Wildman–Crippen LogP) is 2.87. The number of para-hydroxylation sites is 2. The maximum Gasteiger partial charge on any atom is 0.237 e. The number of pyridine rings is 1. The first-order chi connectivity index (χ1) is 11.9. The van der Waals surface area contributed by atoms with Gasteiger partial charge in [0.05, 0.1) is 11.0 Å². The molecule has 0 fully saturated rings. The van der Waals surface area contributed by atoms with Gasteiger partial charge < -0.3 is 5.32 Å². The van der Waals surface area contributed by atoms with Crippen molar-refractivity contribution in [1.82, 2.24) is 24.5 Å². The van der Waals surface area contributed by atoms with Crippen molar-refractivity contribution in [2.45, 2.75) is 6.42 Å². The number of nitrogens with zero attached hydrogens (tertiary/aromatic N) is 5. The Kier molecular flexibility index (Phi) is 3.85. The van der Waals surface area contributed by atoms with Gasteiger partial charge in [0.1, 0.15) is 12.1 Å². The number of fused-ring (bicyclic) bond motifs is 1. The number of aromatic nitrogens is 5. The highest BCUT2D eigenvalue weighted by atomic mass is 15.2. The molecule has 0 aliphatic heterocycles. The Labute approximate surface area is 139 Å². The number of anilines is 1. The van der Waals surface area contributed by atoms with Gasteiger partial charge in [-0.15, -0.1) is 0 Å². The lowest BCUT2D eigenvalue weighted by Crippen LogP contribution is -2.08. The van der Waals surface area contributed by atoms with Gasteiger partial charge in [0.15, 0.2) is 0 Å². The third-order valence-corrected chi connectivity index (χ3v) is 3.75. The molecule has 6 nitrogen and oxygen atoms in total. The third-order valence-electron chi connectivity index (χ3n) is 3.75. The number of hydrogen-bond acceptors (Lipinski definition) is 5. The standard InChI is InChI=1S/C18H16N6/c1-2-6-16-15(5-1)22-13-24(16)18-21-11-8-17(23-18)20-10-7-14-4-3-9-19-12-14/h1-6,8-9,11-13H,7,10H2,(H,20,21,23). The second kappa shape index (κ2) is 6.45. The molecule has 0 radical (unpaired) electrons. The Morgan fingerprint density at radius 2 is 1.92 bits per heavy atom. The molecule has 0 aliphatic carbocycles. The normalized spacial score (nSPS) is 10.8. The van der Waals surface area contributed by atoms with Crippen molar-refractivity contribution in [2.24, 2.45) is 0 Å². The van der Waals surface area contributed by atoms with E-state index in [1.54, 1.807) is 18.7 Å². The summed E-state index contributed by atoms with van der Waals surface area (Å²) in [4.78, 5) is 17.4. The van der Waals surface area contributed by atoms with Crippen molar-refractivity contribution >= 4 is 16.9 Å². The lowest BCUT2D eigenvalue weighted by molar-refractivity contribution is 0.933. The van der Waals surface area contributed by atoms with Crippen molar-refractivity contribution in [1.29, 1.82) is 0 Å². The fourth-order valence-corrected chi connectivity index (χ4v) is 2.56. The van der Waals surface area contributed by atoms with E-state index in [0.717, 1.165) is 29.8 Å². The Hall–Kier alpha value is -3.28. The van der Waals surface area contributed by atoms with Crippen LogP contribution < -0.4 is 5.32 Å². The molecular formula is C18H16N6. The highest BCUT2D eigenvalue weighted by Crippen LogP contribution is 2.16. The maximum absolute atomic E-state index is 4.58. The van der Waals surface area contributed by atoms with Gasteiger partial charge in [-0.25, -0.2) is 9.97 Å². The molecular weight excluding hydrogens is 300 g/mol. The first-order valence-corrected chi connectivity index (χ1v) is 7.78. The molecule has 24 heavy (non-hydrogen) atoms. The predicted molar refractivity (Wildman–Crippen MR) is 93.1 cm³/mol. The fourth-order valence-electron chi connectivity index (χ4n) is 2.56. The zero-order valence-corrected chi connectivity index (χ0v) is 13.0. The molecule has 4 aromatic rings. The van der Waals surface area contributed by atoms with Crippen LogP contribution >= 0.6 is 0 Å². The number of benzene rings is 1. The van der Waals surface area contributed by atoms with Crippen LogP contribution in [-0.4, -0.2) is 31.0 Å². The number of imidazole rings is 1. The number of rotatable bonds is 5. The van der Waals surface area contributed by atoms with Crippen molar-refractivity contribution < 1.29 is 0 Å². The van der Waals surface area contributed by atoms with Gasteiger partial charge in [-0.1, -0.05) is 18.2 Å². The van der Waals surface area contributed by atoms with E-state index < -0.39 is 0 Å². The Bertz CT molecular complexity index is 948. The molecule has 4 rings (SSSR count). The summed E-state index contributed by atoms with van der Waals surface area (Å²) in [6.45, 7) is 0.785. The second-order valence-electron chi connectivity index (χ2n) is 5.38. The maximum atomic E-state index is 4.58. The van der Waals surface area contributed by atoms with Crippen LogP contribution in [0.3, 0.4) is 0 Å². The average Bonchev–Trinajstić information content (AvgIpc) is 3.07. The molecule has 0 aliphatic rings. The van der Waals surface area contributed by atoms with E-state index in [1.807, 2.05) is 47.2 Å². The SMILES string of the molecule is c1cncc(CCNc2ccnc(-n3cnc4ccccc43)n2)c1. The minimum atomic E-state index is 0.607. The fraction of sp³-hybridized carbons (Fsp3) is 0.111. The molecule has 118 valence electrons. The quantitative estimate of drug-likeness (QED) is 0.613. The van der Waals surface area contributed by atoms with Crippen LogP contribution in [0.4, 0.5) is 5.82 Å². The Morgan fingerprint density at radius 1 is 0.958 bits per heavy atom. The smallest absolute Gasteiger partial charge is 0.237 e. The van der Waals surface area contributed by atoms with Crippen molar-refractivity contribution in [3.8, 4) is 5.95 Å². The lowest BCUT2D eigenvalue weighted by Gasteiger charge is -2.07. The molecule has 0 unspecified atom stereocenters. The number of nitrogens with one attached hydrogen (secondary N) is 1. The summed E-state index contributed by atoms with van der Waals surface area (Å²) in [5.74, 6) is 1.40. The van der Waals surface area contributed by atoms with Gasteiger partial charge in [0.25, 0.3) is 0 Å². The van der Waals surface area contributed by atoms with Crippen LogP contribution in [0.2, 0.25) is 0 Å². The Morgan fingerprint density at radius 3 is 2.83 bits per heavy atom.